The predicted molar refractivity (Wildman–Crippen MR) is 89.1 cm³/mol. The van der Waals surface area contributed by atoms with Gasteiger partial charge in [0, 0.05) is 13.0 Å². The molecule has 2 aromatic rings. The number of amides is 4. The summed E-state index contributed by atoms with van der Waals surface area (Å²) in [7, 11) is 0. The van der Waals surface area contributed by atoms with Crippen molar-refractivity contribution < 1.29 is 23.2 Å². The van der Waals surface area contributed by atoms with Gasteiger partial charge < -0.3 is 15.1 Å². The van der Waals surface area contributed by atoms with Gasteiger partial charge in [-0.3, -0.25) is 14.5 Å². The van der Waals surface area contributed by atoms with Crippen LogP contribution in [0.3, 0.4) is 0 Å². The fraction of sp³-hybridized carbons (Fsp3) is 0.278. The van der Waals surface area contributed by atoms with E-state index in [4.69, 9.17) is 4.42 Å². The summed E-state index contributed by atoms with van der Waals surface area (Å²) in [5.74, 6) is -0.459. The van der Waals surface area contributed by atoms with Crippen LogP contribution >= 0.6 is 0 Å². The first-order chi connectivity index (χ1) is 12.5. The topological polar surface area (TPSA) is 91.7 Å². The molecule has 0 aliphatic carbocycles. The summed E-state index contributed by atoms with van der Waals surface area (Å²) in [6.45, 7) is 0.333. The Morgan fingerprint density at radius 2 is 2.00 bits per heavy atom. The van der Waals surface area contributed by atoms with Gasteiger partial charge in [-0.05, 0) is 36.2 Å². The number of nitrogens with one attached hydrogen (secondary N) is 2. The van der Waals surface area contributed by atoms with Gasteiger partial charge >= 0.3 is 6.03 Å². The zero-order chi connectivity index (χ0) is 18.5. The molecule has 2 heterocycles. The van der Waals surface area contributed by atoms with Crippen LogP contribution in [-0.2, 0) is 22.7 Å². The third kappa shape index (κ3) is 4.27. The predicted octanol–water partition coefficient (Wildman–Crippen LogP) is 1.94. The zero-order valence-corrected chi connectivity index (χ0v) is 13.9. The lowest BCUT2D eigenvalue weighted by molar-refractivity contribution is -0.128. The second-order valence-corrected chi connectivity index (χ2v) is 5.95. The molecule has 8 heteroatoms. The van der Waals surface area contributed by atoms with E-state index < -0.39 is 12.1 Å². The molecule has 4 amide bonds. The Kier molecular flexibility index (Phi) is 5.31. The fourth-order valence-electron chi connectivity index (χ4n) is 2.65. The van der Waals surface area contributed by atoms with Crippen LogP contribution in [0.4, 0.5) is 9.18 Å². The van der Waals surface area contributed by atoms with Gasteiger partial charge in [-0.2, -0.15) is 0 Å². The summed E-state index contributed by atoms with van der Waals surface area (Å²) in [5, 5.41) is 5.28. The molecule has 1 fully saturated rings. The molecule has 26 heavy (non-hydrogen) atoms. The Morgan fingerprint density at radius 3 is 2.69 bits per heavy atom. The van der Waals surface area contributed by atoms with E-state index in [-0.39, 0.29) is 43.6 Å². The van der Waals surface area contributed by atoms with E-state index in [1.165, 1.54) is 18.4 Å². The second-order valence-electron chi connectivity index (χ2n) is 5.95. The minimum absolute atomic E-state index is 0.0604. The minimum atomic E-state index is -0.728. The van der Waals surface area contributed by atoms with Crippen molar-refractivity contribution in [2.24, 2.45) is 0 Å². The minimum Gasteiger partial charge on any atom is -0.467 e. The summed E-state index contributed by atoms with van der Waals surface area (Å²) < 4.78 is 18.0. The lowest BCUT2D eigenvalue weighted by Crippen LogP contribution is -2.32. The first-order valence-electron chi connectivity index (χ1n) is 8.18. The maximum absolute atomic E-state index is 12.8. The van der Waals surface area contributed by atoms with Crippen LogP contribution in [0.15, 0.2) is 47.1 Å². The highest BCUT2D eigenvalue weighted by Crippen LogP contribution is 2.15. The van der Waals surface area contributed by atoms with Gasteiger partial charge in [0.25, 0.3) is 5.91 Å². The van der Waals surface area contributed by atoms with Gasteiger partial charge in [0.1, 0.15) is 17.6 Å². The molecule has 0 radical (unpaired) electrons. The summed E-state index contributed by atoms with van der Waals surface area (Å²) in [6.07, 6.45) is 1.76. The van der Waals surface area contributed by atoms with Crippen LogP contribution in [0.25, 0.3) is 0 Å². The van der Waals surface area contributed by atoms with Crippen molar-refractivity contribution in [3.8, 4) is 0 Å². The van der Waals surface area contributed by atoms with Gasteiger partial charge in [-0.1, -0.05) is 12.1 Å². The fourth-order valence-corrected chi connectivity index (χ4v) is 2.65. The molecule has 1 atom stereocenters. The number of carbonyl (C=O) groups excluding carboxylic acids is 3. The lowest BCUT2D eigenvalue weighted by atomic mass is 10.1. The highest BCUT2D eigenvalue weighted by atomic mass is 19.1. The van der Waals surface area contributed by atoms with E-state index in [9.17, 15) is 18.8 Å². The van der Waals surface area contributed by atoms with E-state index in [1.807, 2.05) is 0 Å². The monoisotopic (exact) mass is 359 g/mol. The number of urea groups is 1. The molecule has 2 N–H and O–H groups in total. The average molecular weight is 359 g/mol. The standard InChI is InChI=1S/C18H18FN3O4/c19-13-5-3-12(4-6-13)10-20-16(23)8-7-15-17(24)22(18(25)21-15)11-14-2-1-9-26-14/h1-6,9,15H,7-8,10-11H2,(H,20,23)(H,21,25). The largest absolute Gasteiger partial charge is 0.467 e. The molecule has 136 valence electrons. The van der Waals surface area contributed by atoms with E-state index in [0.29, 0.717) is 5.76 Å². The molecule has 1 aromatic carbocycles. The third-order valence-electron chi connectivity index (χ3n) is 4.06. The van der Waals surface area contributed by atoms with Crippen LogP contribution in [0.5, 0.6) is 0 Å². The molecule has 1 unspecified atom stereocenters. The Morgan fingerprint density at radius 1 is 1.23 bits per heavy atom. The van der Waals surface area contributed by atoms with E-state index in [0.717, 1.165) is 10.5 Å². The number of rotatable bonds is 7. The molecule has 1 aliphatic heterocycles. The number of furan rings is 1. The van der Waals surface area contributed by atoms with Crippen LogP contribution in [0, 0.1) is 5.82 Å². The maximum atomic E-state index is 12.8. The number of hydrogen-bond acceptors (Lipinski definition) is 4. The number of halogens is 1. The Balaban J connectivity index is 1.45. The highest BCUT2D eigenvalue weighted by Gasteiger charge is 2.38. The molecule has 1 saturated heterocycles. The van der Waals surface area contributed by atoms with Crippen LogP contribution in [-0.4, -0.2) is 28.8 Å². The zero-order valence-electron chi connectivity index (χ0n) is 13.9. The molecule has 0 saturated carbocycles. The molecule has 0 bridgehead atoms. The number of hydrogen-bond donors (Lipinski definition) is 2. The van der Waals surface area contributed by atoms with Crippen LogP contribution in [0.1, 0.15) is 24.2 Å². The Hall–Kier alpha value is -3.16. The van der Waals surface area contributed by atoms with Crippen LogP contribution in [0.2, 0.25) is 0 Å². The lowest BCUT2D eigenvalue weighted by Gasteiger charge is -2.11. The summed E-state index contributed by atoms with van der Waals surface area (Å²) in [6, 6.07) is 7.94. The Labute approximate surface area is 149 Å². The van der Waals surface area contributed by atoms with Crippen molar-refractivity contribution >= 4 is 17.8 Å². The quantitative estimate of drug-likeness (QED) is 0.739. The highest BCUT2D eigenvalue weighted by molar-refractivity contribution is 6.04. The van der Waals surface area contributed by atoms with Crippen molar-refractivity contribution in [2.45, 2.75) is 32.0 Å². The van der Waals surface area contributed by atoms with Crippen molar-refractivity contribution in [3.05, 3.63) is 59.8 Å². The van der Waals surface area contributed by atoms with Gasteiger partial charge in [-0.25, -0.2) is 9.18 Å². The molecule has 7 nitrogen and oxygen atoms in total. The molecule has 3 rings (SSSR count). The van der Waals surface area contributed by atoms with Gasteiger partial charge in [0.2, 0.25) is 5.91 Å². The van der Waals surface area contributed by atoms with E-state index in [1.54, 1.807) is 24.3 Å². The molecular formula is C18H18FN3O4. The number of imide groups is 1. The first-order valence-corrected chi connectivity index (χ1v) is 8.18. The number of nitrogens with zero attached hydrogens (tertiary/aromatic N) is 1. The number of carbonyl (C=O) groups is 3. The van der Waals surface area contributed by atoms with Crippen molar-refractivity contribution in [1.82, 2.24) is 15.5 Å². The van der Waals surface area contributed by atoms with Crippen LogP contribution < -0.4 is 10.6 Å². The van der Waals surface area contributed by atoms with Crippen molar-refractivity contribution in [1.29, 1.82) is 0 Å². The first kappa shape index (κ1) is 17.7. The third-order valence-corrected chi connectivity index (χ3v) is 4.06. The van der Waals surface area contributed by atoms with Gasteiger partial charge in [0.05, 0.1) is 12.8 Å². The smallest absolute Gasteiger partial charge is 0.325 e. The molecule has 1 aliphatic rings. The number of benzene rings is 1. The second kappa shape index (κ2) is 7.81. The van der Waals surface area contributed by atoms with Crippen molar-refractivity contribution in [3.63, 3.8) is 0 Å². The Bertz CT molecular complexity index is 789. The average Bonchev–Trinajstić information content (AvgIpc) is 3.23. The van der Waals surface area contributed by atoms with Gasteiger partial charge in [-0.15, -0.1) is 0 Å². The molecule has 1 aromatic heterocycles. The molecule has 0 spiro atoms. The normalized spacial score (nSPS) is 16.7. The summed E-state index contributed by atoms with van der Waals surface area (Å²) in [5.41, 5.74) is 0.773. The molecular weight excluding hydrogens is 341 g/mol. The summed E-state index contributed by atoms with van der Waals surface area (Å²) in [4.78, 5) is 37.2. The SMILES string of the molecule is O=C(CCC1NC(=O)N(Cc2ccco2)C1=O)NCc1ccc(F)cc1. The maximum Gasteiger partial charge on any atom is 0.325 e. The van der Waals surface area contributed by atoms with E-state index >= 15 is 0 Å². The van der Waals surface area contributed by atoms with Gasteiger partial charge in [0.15, 0.2) is 0 Å². The van der Waals surface area contributed by atoms with E-state index in [2.05, 4.69) is 10.6 Å². The summed E-state index contributed by atoms with van der Waals surface area (Å²) >= 11 is 0. The van der Waals surface area contributed by atoms with Crippen molar-refractivity contribution in [2.75, 3.05) is 0 Å².